The van der Waals surface area contributed by atoms with Crippen LogP contribution in [0.1, 0.15) is 37.6 Å². The van der Waals surface area contributed by atoms with Crippen LogP contribution in [-0.2, 0) is 0 Å². The number of rotatable bonds is 4. The summed E-state index contributed by atoms with van der Waals surface area (Å²) in [5.41, 5.74) is 0.758. The van der Waals surface area contributed by atoms with Crippen LogP contribution in [0.25, 0.3) is 10.8 Å². The summed E-state index contributed by atoms with van der Waals surface area (Å²) >= 11 is 0. The van der Waals surface area contributed by atoms with Gasteiger partial charge in [-0.2, -0.15) is 0 Å². The number of hydrogen-bond donors (Lipinski definition) is 1. The number of benzene rings is 2. The first-order valence-electron chi connectivity index (χ1n) is 6.86. The first-order valence-corrected chi connectivity index (χ1v) is 6.86. The first kappa shape index (κ1) is 13.6. The van der Waals surface area contributed by atoms with Gasteiger partial charge in [0.05, 0.1) is 0 Å². The summed E-state index contributed by atoms with van der Waals surface area (Å²) in [7, 11) is 0. The van der Waals surface area contributed by atoms with Gasteiger partial charge in [0.25, 0.3) is 5.91 Å². The van der Waals surface area contributed by atoms with Gasteiger partial charge >= 0.3 is 0 Å². The standard InChI is InChI=1S/C17H21NO/c1-12(2)11-13(3)18-17(19)16-10-6-8-14-7-4-5-9-15(14)16/h4-10,12-13H,11H2,1-3H3,(H,18,19). The third-order valence-corrected chi connectivity index (χ3v) is 3.24. The average Bonchev–Trinajstić information content (AvgIpc) is 2.36. The van der Waals surface area contributed by atoms with E-state index in [1.807, 2.05) is 42.5 Å². The van der Waals surface area contributed by atoms with E-state index in [0.29, 0.717) is 5.92 Å². The maximum atomic E-state index is 12.3. The van der Waals surface area contributed by atoms with Gasteiger partial charge in [0.15, 0.2) is 0 Å². The van der Waals surface area contributed by atoms with E-state index in [1.54, 1.807) is 0 Å². The van der Waals surface area contributed by atoms with E-state index in [4.69, 9.17) is 0 Å². The van der Waals surface area contributed by atoms with Crippen LogP contribution in [0, 0.1) is 5.92 Å². The van der Waals surface area contributed by atoms with Crippen molar-refractivity contribution < 1.29 is 4.79 Å². The molecule has 0 fully saturated rings. The van der Waals surface area contributed by atoms with Gasteiger partial charge in [-0.25, -0.2) is 0 Å². The number of fused-ring (bicyclic) bond motifs is 1. The minimum atomic E-state index is 0.0185. The van der Waals surface area contributed by atoms with Crippen molar-refractivity contribution in [1.82, 2.24) is 5.32 Å². The van der Waals surface area contributed by atoms with Gasteiger partial charge in [-0.15, -0.1) is 0 Å². The molecule has 0 saturated heterocycles. The molecule has 0 saturated carbocycles. The Bertz CT molecular complexity index is 569. The van der Waals surface area contributed by atoms with Crippen molar-refractivity contribution in [2.45, 2.75) is 33.2 Å². The molecular formula is C17H21NO. The lowest BCUT2D eigenvalue weighted by molar-refractivity contribution is 0.0938. The van der Waals surface area contributed by atoms with Crippen molar-refractivity contribution >= 4 is 16.7 Å². The molecule has 0 aliphatic rings. The molecule has 0 radical (unpaired) electrons. The van der Waals surface area contributed by atoms with Gasteiger partial charge in [0, 0.05) is 11.6 Å². The maximum Gasteiger partial charge on any atom is 0.252 e. The molecule has 2 rings (SSSR count). The number of carbonyl (C=O) groups excluding carboxylic acids is 1. The van der Waals surface area contributed by atoms with E-state index in [2.05, 4.69) is 26.1 Å². The van der Waals surface area contributed by atoms with E-state index in [0.717, 1.165) is 22.8 Å². The van der Waals surface area contributed by atoms with Gasteiger partial charge in [-0.3, -0.25) is 4.79 Å². The van der Waals surface area contributed by atoms with Crippen molar-refractivity contribution in [2.75, 3.05) is 0 Å². The van der Waals surface area contributed by atoms with Crippen LogP contribution in [0.4, 0.5) is 0 Å². The van der Waals surface area contributed by atoms with Crippen LogP contribution >= 0.6 is 0 Å². The molecule has 2 nitrogen and oxygen atoms in total. The van der Waals surface area contributed by atoms with Crippen LogP contribution in [-0.4, -0.2) is 11.9 Å². The van der Waals surface area contributed by atoms with Crippen molar-refractivity contribution in [1.29, 1.82) is 0 Å². The normalized spacial score (nSPS) is 12.6. The highest BCUT2D eigenvalue weighted by Crippen LogP contribution is 2.18. The summed E-state index contributed by atoms with van der Waals surface area (Å²) < 4.78 is 0. The third-order valence-electron chi connectivity index (χ3n) is 3.24. The minimum Gasteiger partial charge on any atom is -0.350 e. The van der Waals surface area contributed by atoms with Gasteiger partial charge in [-0.1, -0.05) is 50.2 Å². The van der Waals surface area contributed by atoms with Gasteiger partial charge in [0.1, 0.15) is 0 Å². The zero-order chi connectivity index (χ0) is 13.8. The monoisotopic (exact) mass is 255 g/mol. The second kappa shape index (κ2) is 5.87. The molecule has 0 bridgehead atoms. The molecule has 0 heterocycles. The Hall–Kier alpha value is -1.83. The average molecular weight is 255 g/mol. The van der Waals surface area contributed by atoms with Crippen LogP contribution in [0.15, 0.2) is 42.5 Å². The second-order valence-electron chi connectivity index (χ2n) is 5.53. The van der Waals surface area contributed by atoms with E-state index >= 15 is 0 Å². The molecule has 2 aromatic rings. The Kier molecular flexibility index (Phi) is 4.20. The lowest BCUT2D eigenvalue weighted by Crippen LogP contribution is -2.33. The van der Waals surface area contributed by atoms with Crippen LogP contribution in [0.2, 0.25) is 0 Å². The van der Waals surface area contributed by atoms with E-state index in [1.165, 1.54) is 0 Å². The van der Waals surface area contributed by atoms with Gasteiger partial charge < -0.3 is 5.32 Å². The van der Waals surface area contributed by atoms with Crippen molar-refractivity contribution in [3.63, 3.8) is 0 Å². The van der Waals surface area contributed by atoms with Gasteiger partial charge in [0.2, 0.25) is 0 Å². The molecule has 1 amide bonds. The molecular weight excluding hydrogens is 234 g/mol. The molecule has 1 atom stereocenters. The highest BCUT2D eigenvalue weighted by atomic mass is 16.1. The molecule has 0 aromatic heterocycles. The molecule has 100 valence electrons. The zero-order valence-electron chi connectivity index (χ0n) is 11.8. The molecule has 19 heavy (non-hydrogen) atoms. The molecule has 2 aromatic carbocycles. The van der Waals surface area contributed by atoms with Crippen molar-refractivity contribution in [3.8, 4) is 0 Å². The topological polar surface area (TPSA) is 29.1 Å². The SMILES string of the molecule is CC(C)CC(C)NC(=O)c1cccc2ccccc12. The summed E-state index contributed by atoms with van der Waals surface area (Å²) in [6.07, 6.45) is 0.997. The second-order valence-corrected chi connectivity index (χ2v) is 5.53. The smallest absolute Gasteiger partial charge is 0.252 e. The van der Waals surface area contributed by atoms with E-state index in [-0.39, 0.29) is 11.9 Å². The molecule has 0 spiro atoms. The Morgan fingerprint density at radius 3 is 2.47 bits per heavy atom. The minimum absolute atomic E-state index is 0.0185. The van der Waals surface area contributed by atoms with Crippen molar-refractivity contribution in [2.24, 2.45) is 5.92 Å². The molecule has 2 heteroatoms. The van der Waals surface area contributed by atoms with Crippen LogP contribution in [0.3, 0.4) is 0 Å². The first-order chi connectivity index (χ1) is 9.08. The zero-order valence-corrected chi connectivity index (χ0v) is 11.8. The third kappa shape index (κ3) is 3.34. The maximum absolute atomic E-state index is 12.3. The Labute approximate surface area is 114 Å². The van der Waals surface area contributed by atoms with E-state index < -0.39 is 0 Å². The summed E-state index contributed by atoms with van der Waals surface area (Å²) in [6.45, 7) is 6.39. The summed E-state index contributed by atoms with van der Waals surface area (Å²) in [5.74, 6) is 0.604. The fourth-order valence-electron chi connectivity index (χ4n) is 2.49. The lowest BCUT2D eigenvalue weighted by atomic mass is 10.0. The number of hydrogen-bond acceptors (Lipinski definition) is 1. The Morgan fingerprint density at radius 2 is 1.74 bits per heavy atom. The van der Waals surface area contributed by atoms with Crippen LogP contribution in [0.5, 0.6) is 0 Å². The fraction of sp³-hybridized carbons (Fsp3) is 0.353. The largest absolute Gasteiger partial charge is 0.350 e. The highest BCUT2D eigenvalue weighted by molar-refractivity contribution is 6.07. The summed E-state index contributed by atoms with van der Waals surface area (Å²) in [5, 5.41) is 5.20. The quantitative estimate of drug-likeness (QED) is 0.879. The Morgan fingerprint density at radius 1 is 1.05 bits per heavy atom. The predicted molar refractivity (Wildman–Crippen MR) is 80.3 cm³/mol. The highest BCUT2D eigenvalue weighted by Gasteiger charge is 2.13. The molecule has 0 aliphatic heterocycles. The summed E-state index contributed by atoms with van der Waals surface area (Å²) in [6, 6.07) is 14.0. The van der Waals surface area contributed by atoms with Crippen LogP contribution < -0.4 is 5.32 Å². The fourth-order valence-corrected chi connectivity index (χ4v) is 2.49. The summed E-state index contributed by atoms with van der Waals surface area (Å²) in [4.78, 5) is 12.3. The number of nitrogens with one attached hydrogen (secondary N) is 1. The molecule has 1 unspecified atom stereocenters. The number of amides is 1. The lowest BCUT2D eigenvalue weighted by Gasteiger charge is -2.16. The molecule has 1 N–H and O–H groups in total. The van der Waals surface area contributed by atoms with E-state index in [9.17, 15) is 4.79 Å². The van der Waals surface area contributed by atoms with Crippen molar-refractivity contribution in [3.05, 3.63) is 48.0 Å². The predicted octanol–water partition coefficient (Wildman–Crippen LogP) is 4.00. The number of carbonyl (C=O) groups is 1. The Balaban J connectivity index is 2.22. The molecule has 0 aliphatic carbocycles. The van der Waals surface area contributed by atoms with Gasteiger partial charge in [-0.05, 0) is 36.1 Å².